The molecule has 0 spiro atoms. The lowest BCUT2D eigenvalue weighted by atomic mass is 10.1. The molecule has 9 heteroatoms. The summed E-state index contributed by atoms with van der Waals surface area (Å²) in [6.07, 6.45) is 1.30. The zero-order valence-corrected chi connectivity index (χ0v) is 15.5. The van der Waals surface area contributed by atoms with E-state index in [4.69, 9.17) is 0 Å². The normalized spacial score (nSPS) is 12.0. The molecule has 2 amide bonds. The van der Waals surface area contributed by atoms with Gasteiger partial charge in [0.2, 0.25) is 0 Å². The van der Waals surface area contributed by atoms with E-state index < -0.39 is 28.7 Å². The summed E-state index contributed by atoms with van der Waals surface area (Å²) < 4.78 is 0. The first-order chi connectivity index (χ1) is 13.8. The Balaban J connectivity index is 2.37. The Morgan fingerprint density at radius 3 is 2.38 bits per heavy atom. The van der Waals surface area contributed by atoms with E-state index in [0.29, 0.717) is 0 Å². The van der Waals surface area contributed by atoms with Crippen LogP contribution in [0.25, 0.3) is 6.08 Å². The summed E-state index contributed by atoms with van der Waals surface area (Å²) in [4.78, 5) is 46.5. The number of non-ortho nitro benzene ring substituents is 1. The Morgan fingerprint density at radius 1 is 1.10 bits per heavy atom. The van der Waals surface area contributed by atoms with Gasteiger partial charge in [0.15, 0.2) is 0 Å². The van der Waals surface area contributed by atoms with Crippen LogP contribution < -0.4 is 15.7 Å². The van der Waals surface area contributed by atoms with Crippen LogP contribution in [-0.2, 0) is 9.59 Å². The molecular formula is C20H18N3O6-. The lowest BCUT2D eigenvalue weighted by Gasteiger charge is -2.19. The molecule has 29 heavy (non-hydrogen) atoms. The Hall–Kier alpha value is -4.01. The number of carbonyl (C=O) groups is 3. The summed E-state index contributed by atoms with van der Waals surface area (Å²) in [5, 5.41) is 26.7. The molecule has 9 nitrogen and oxygen atoms in total. The van der Waals surface area contributed by atoms with Gasteiger partial charge in [-0.05, 0) is 30.2 Å². The van der Waals surface area contributed by atoms with Crippen LogP contribution in [0, 0.1) is 10.1 Å². The number of nitro groups is 1. The van der Waals surface area contributed by atoms with Crippen molar-refractivity contribution in [3.05, 3.63) is 81.5 Å². The number of carboxylic acids is 1. The lowest BCUT2D eigenvalue weighted by molar-refractivity contribution is -0.384. The molecule has 2 rings (SSSR count). The van der Waals surface area contributed by atoms with Crippen LogP contribution in [0.3, 0.4) is 0 Å². The molecule has 0 saturated carbocycles. The molecule has 2 N–H and O–H groups in total. The SMILES string of the molecule is CCC(NC(=O)C(=Cc1cccc([N+](=O)[O-])c1)NC(=O)c1ccccc1)C(=O)[O-]. The quantitative estimate of drug-likeness (QED) is 0.387. The van der Waals surface area contributed by atoms with Gasteiger partial charge in [-0.3, -0.25) is 19.7 Å². The first-order valence-corrected chi connectivity index (χ1v) is 8.66. The smallest absolute Gasteiger partial charge is 0.270 e. The topological polar surface area (TPSA) is 141 Å². The van der Waals surface area contributed by atoms with E-state index in [2.05, 4.69) is 10.6 Å². The maximum Gasteiger partial charge on any atom is 0.270 e. The van der Waals surface area contributed by atoms with Gasteiger partial charge in [-0.15, -0.1) is 0 Å². The zero-order chi connectivity index (χ0) is 21.4. The summed E-state index contributed by atoms with van der Waals surface area (Å²) in [5.41, 5.74) is 0.0875. The molecule has 0 aliphatic heterocycles. The summed E-state index contributed by atoms with van der Waals surface area (Å²) in [5.74, 6) is -2.93. The standard InChI is InChI=1S/C20H19N3O6/c1-2-16(20(26)27)21-19(25)17(22-18(24)14-8-4-3-5-9-14)12-13-7-6-10-15(11-13)23(28)29/h3-12,16H,2H2,1H3,(H,21,25)(H,22,24)(H,26,27)/p-1. The molecule has 0 saturated heterocycles. The van der Waals surface area contributed by atoms with Crippen LogP contribution in [0.15, 0.2) is 60.3 Å². The summed E-state index contributed by atoms with van der Waals surface area (Å²) in [6, 6.07) is 12.2. The molecule has 0 fully saturated rings. The van der Waals surface area contributed by atoms with Crippen molar-refractivity contribution >= 4 is 29.5 Å². The van der Waals surface area contributed by atoms with E-state index in [9.17, 15) is 29.6 Å². The second kappa shape index (κ2) is 9.79. The molecule has 2 aromatic rings. The maximum atomic E-state index is 12.6. The van der Waals surface area contributed by atoms with E-state index >= 15 is 0 Å². The largest absolute Gasteiger partial charge is 0.548 e. The number of aliphatic carboxylic acids is 1. The van der Waals surface area contributed by atoms with E-state index in [1.165, 1.54) is 42.5 Å². The highest BCUT2D eigenvalue weighted by molar-refractivity contribution is 6.06. The molecule has 0 aliphatic carbocycles. The molecule has 0 aromatic heterocycles. The van der Waals surface area contributed by atoms with Crippen LogP contribution in [0.5, 0.6) is 0 Å². The number of rotatable bonds is 8. The number of carbonyl (C=O) groups excluding carboxylic acids is 3. The number of nitrogens with one attached hydrogen (secondary N) is 2. The highest BCUT2D eigenvalue weighted by Gasteiger charge is 2.18. The van der Waals surface area contributed by atoms with Gasteiger partial charge < -0.3 is 20.5 Å². The Labute approximate surface area is 166 Å². The van der Waals surface area contributed by atoms with Crippen molar-refractivity contribution in [3.8, 4) is 0 Å². The number of hydrogen-bond donors (Lipinski definition) is 2. The third-order valence-electron chi connectivity index (χ3n) is 3.92. The van der Waals surface area contributed by atoms with E-state index in [1.54, 1.807) is 25.1 Å². The van der Waals surface area contributed by atoms with Crippen molar-refractivity contribution in [3.63, 3.8) is 0 Å². The number of amides is 2. The molecule has 1 atom stereocenters. The van der Waals surface area contributed by atoms with Gasteiger partial charge in [0.1, 0.15) is 5.70 Å². The van der Waals surface area contributed by atoms with E-state index in [-0.39, 0.29) is 28.9 Å². The van der Waals surface area contributed by atoms with Gasteiger partial charge in [0, 0.05) is 17.7 Å². The lowest BCUT2D eigenvalue weighted by Crippen LogP contribution is -2.49. The number of carboxylic acid groups (broad SMARTS) is 1. The predicted molar refractivity (Wildman–Crippen MR) is 102 cm³/mol. The summed E-state index contributed by atoms with van der Waals surface area (Å²) in [7, 11) is 0. The molecule has 0 radical (unpaired) electrons. The number of hydrogen-bond acceptors (Lipinski definition) is 6. The van der Waals surface area contributed by atoms with Crippen LogP contribution in [0.4, 0.5) is 5.69 Å². The average Bonchev–Trinajstić information content (AvgIpc) is 2.71. The number of nitrogens with zero attached hydrogens (tertiary/aromatic N) is 1. The van der Waals surface area contributed by atoms with Gasteiger partial charge in [0.25, 0.3) is 17.5 Å². The minimum atomic E-state index is -1.47. The fourth-order valence-corrected chi connectivity index (χ4v) is 2.40. The third-order valence-corrected chi connectivity index (χ3v) is 3.92. The van der Waals surface area contributed by atoms with Crippen molar-refractivity contribution in [1.29, 1.82) is 0 Å². The minimum absolute atomic E-state index is 0.0742. The van der Waals surface area contributed by atoms with Gasteiger partial charge in [-0.1, -0.05) is 37.3 Å². The van der Waals surface area contributed by atoms with Crippen molar-refractivity contribution in [1.82, 2.24) is 10.6 Å². The van der Waals surface area contributed by atoms with Gasteiger partial charge in [-0.25, -0.2) is 0 Å². The maximum absolute atomic E-state index is 12.6. The summed E-state index contributed by atoms with van der Waals surface area (Å²) in [6.45, 7) is 1.55. The zero-order valence-electron chi connectivity index (χ0n) is 15.5. The molecular weight excluding hydrogens is 378 g/mol. The fraction of sp³-hybridized carbons (Fsp3) is 0.150. The first-order valence-electron chi connectivity index (χ1n) is 8.66. The van der Waals surface area contributed by atoms with Crippen molar-refractivity contribution in [2.75, 3.05) is 0 Å². The van der Waals surface area contributed by atoms with Crippen molar-refractivity contribution in [2.24, 2.45) is 0 Å². The van der Waals surface area contributed by atoms with Gasteiger partial charge >= 0.3 is 0 Å². The second-order valence-corrected chi connectivity index (χ2v) is 5.98. The number of nitro benzene ring substituents is 1. The monoisotopic (exact) mass is 396 g/mol. The van der Waals surface area contributed by atoms with Crippen LogP contribution >= 0.6 is 0 Å². The highest BCUT2D eigenvalue weighted by atomic mass is 16.6. The molecule has 1 unspecified atom stereocenters. The second-order valence-electron chi connectivity index (χ2n) is 5.98. The Morgan fingerprint density at radius 2 is 1.79 bits per heavy atom. The summed E-state index contributed by atoms with van der Waals surface area (Å²) >= 11 is 0. The van der Waals surface area contributed by atoms with Gasteiger partial charge in [0.05, 0.1) is 16.9 Å². The van der Waals surface area contributed by atoms with Crippen LogP contribution in [0.2, 0.25) is 0 Å². The average molecular weight is 396 g/mol. The van der Waals surface area contributed by atoms with E-state index in [1.807, 2.05) is 0 Å². The van der Waals surface area contributed by atoms with Crippen molar-refractivity contribution < 1.29 is 24.4 Å². The Kier molecular flexibility index (Phi) is 7.19. The molecule has 0 heterocycles. The molecule has 2 aromatic carbocycles. The molecule has 0 bridgehead atoms. The molecule has 0 aliphatic rings. The van der Waals surface area contributed by atoms with Crippen molar-refractivity contribution in [2.45, 2.75) is 19.4 Å². The van der Waals surface area contributed by atoms with Crippen LogP contribution in [0.1, 0.15) is 29.3 Å². The predicted octanol–water partition coefficient (Wildman–Crippen LogP) is 1.01. The van der Waals surface area contributed by atoms with E-state index in [0.717, 1.165) is 0 Å². The molecule has 150 valence electrons. The van der Waals surface area contributed by atoms with Gasteiger partial charge in [-0.2, -0.15) is 0 Å². The minimum Gasteiger partial charge on any atom is -0.548 e. The highest BCUT2D eigenvalue weighted by Crippen LogP contribution is 2.15. The Bertz CT molecular complexity index is 956. The first kappa shape index (κ1) is 21.3. The third kappa shape index (κ3) is 5.99. The fourth-order valence-electron chi connectivity index (χ4n) is 2.40. The van der Waals surface area contributed by atoms with Crippen LogP contribution in [-0.4, -0.2) is 28.7 Å². The number of benzene rings is 2.